The molecule has 1 aliphatic rings. The van der Waals surface area contributed by atoms with Gasteiger partial charge < -0.3 is 9.47 Å². The normalized spacial score (nSPS) is 17.1. The number of carbonyl (C=O) groups is 2. The number of ether oxygens (including phenoxy) is 2. The summed E-state index contributed by atoms with van der Waals surface area (Å²) in [6.45, 7) is 2.56. The van der Waals surface area contributed by atoms with Gasteiger partial charge in [0.15, 0.2) is 6.04 Å². The van der Waals surface area contributed by atoms with Crippen LogP contribution in [0.1, 0.15) is 12.5 Å². The van der Waals surface area contributed by atoms with Gasteiger partial charge in [-0.1, -0.05) is 42.5 Å². The fourth-order valence-electron chi connectivity index (χ4n) is 1.94. The molecule has 1 amide bonds. The number of hydrogen-bond donors (Lipinski definition) is 0. The van der Waals surface area contributed by atoms with Crippen molar-refractivity contribution in [2.75, 3.05) is 13.2 Å². The van der Waals surface area contributed by atoms with E-state index in [0.717, 1.165) is 5.56 Å². The monoisotopic (exact) mass is 275 g/mol. The largest absolute Gasteiger partial charge is 0.464 e. The van der Waals surface area contributed by atoms with E-state index < -0.39 is 18.1 Å². The van der Waals surface area contributed by atoms with E-state index in [2.05, 4.69) is 0 Å². The van der Waals surface area contributed by atoms with Crippen molar-refractivity contribution in [3.63, 3.8) is 0 Å². The minimum absolute atomic E-state index is 0.186. The van der Waals surface area contributed by atoms with Crippen LogP contribution >= 0.6 is 0 Å². The molecule has 0 fully saturated rings. The Labute approximate surface area is 117 Å². The third kappa shape index (κ3) is 3.38. The van der Waals surface area contributed by atoms with Crippen molar-refractivity contribution < 1.29 is 19.1 Å². The van der Waals surface area contributed by atoms with Crippen molar-refractivity contribution in [1.82, 2.24) is 4.90 Å². The van der Waals surface area contributed by atoms with Crippen molar-refractivity contribution in [3.8, 4) is 0 Å². The van der Waals surface area contributed by atoms with E-state index in [4.69, 9.17) is 9.47 Å². The number of hydrogen-bond acceptors (Lipinski definition) is 4. The van der Waals surface area contributed by atoms with Crippen LogP contribution < -0.4 is 0 Å². The van der Waals surface area contributed by atoms with Gasteiger partial charge in [-0.3, -0.25) is 4.90 Å². The van der Waals surface area contributed by atoms with Gasteiger partial charge in [0.25, 0.3) is 0 Å². The molecule has 2 rings (SSSR count). The van der Waals surface area contributed by atoms with Gasteiger partial charge in [-0.05, 0) is 12.5 Å². The van der Waals surface area contributed by atoms with Crippen LogP contribution in [0.3, 0.4) is 0 Å². The fourth-order valence-corrected chi connectivity index (χ4v) is 1.94. The Balaban J connectivity index is 1.90. The third-order valence-corrected chi connectivity index (χ3v) is 2.92. The van der Waals surface area contributed by atoms with E-state index in [0.29, 0.717) is 6.54 Å². The van der Waals surface area contributed by atoms with Crippen LogP contribution in [-0.2, 0) is 20.9 Å². The quantitative estimate of drug-likeness (QED) is 0.624. The molecule has 0 unspecified atom stereocenters. The van der Waals surface area contributed by atoms with E-state index in [1.807, 2.05) is 30.3 Å². The van der Waals surface area contributed by atoms with E-state index in [1.165, 1.54) is 4.90 Å². The summed E-state index contributed by atoms with van der Waals surface area (Å²) in [4.78, 5) is 25.1. The third-order valence-electron chi connectivity index (χ3n) is 2.92. The maximum absolute atomic E-state index is 12.0. The first kappa shape index (κ1) is 14.1. The molecule has 1 aromatic carbocycles. The molecule has 0 aromatic heterocycles. The zero-order valence-electron chi connectivity index (χ0n) is 11.3. The fraction of sp³-hybridized carbons (Fsp3) is 0.333. The number of amides is 1. The van der Waals surface area contributed by atoms with Crippen LogP contribution in [0.15, 0.2) is 42.5 Å². The summed E-state index contributed by atoms with van der Waals surface area (Å²) < 4.78 is 10.1. The molecule has 1 aliphatic heterocycles. The topological polar surface area (TPSA) is 55.8 Å². The Bertz CT molecular complexity index is 498. The van der Waals surface area contributed by atoms with Gasteiger partial charge in [0.05, 0.1) is 6.61 Å². The highest BCUT2D eigenvalue weighted by Gasteiger charge is 2.32. The summed E-state index contributed by atoms with van der Waals surface area (Å²) in [5.41, 5.74) is 0.903. The second-order valence-electron chi connectivity index (χ2n) is 4.32. The molecular weight excluding hydrogens is 258 g/mol. The van der Waals surface area contributed by atoms with Crippen LogP contribution in [0, 0.1) is 0 Å². The predicted octanol–water partition coefficient (Wildman–Crippen LogP) is 2.13. The van der Waals surface area contributed by atoms with Gasteiger partial charge >= 0.3 is 12.1 Å². The van der Waals surface area contributed by atoms with Crippen LogP contribution in [0.25, 0.3) is 0 Å². The lowest BCUT2D eigenvalue weighted by Crippen LogP contribution is -2.42. The molecule has 5 heteroatoms. The molecule has 0 bridgehead atoms. The molecular formula is C15H17NO4. The van der Waals surface area contributed by atoms with E-state index in [-0.39, 0.29) is 13.2 Å². The standard InChI is InChI=1S/C15H17NO4/c1-2-19-14(17)13-9-6-10-16(13)15(18)20-11-12-7-4-3-5-8-12/h3-9,13H,2,10-11H2,1H3/t13-/m1/s1. The first-order valence-corrected chi connectivity index (χ1v) is 6.53. The zero-order chi connectivity index (χ0) is 14.4. The molecule has 0 saturated carbocycles. The second kappa shape index (κ2) is 6.75. The highest BCUT2D eigenvalue weighted by Crippen LogP contribution is 2.14. The van der Waals surface area contributed by atoms with Crippen molar-refractivity contribution in [2.45, 2.75) is 19.6 Å². The molecule has 106 valence electrons. The van der Waals surface area contributed by atoms with E-state index >= 15 is 0 Å². The van der Waals surface area contributed by atoms with Gasteiger partial charge in [0.1, 0.15) is 6.61 Å². The predicted molar refractivity (Wildman–Crippen MR) is 72.9 cm³/mol. The lowest BCUT2D eigenvalue weighted by atomic mass is 10.2. The van der Waals surface area contributed by atoms with Crippen molar-refractivity contribution >= 4 is 12.1 Å². The van der Waals surface area contributed by atoms with Crippen LogP contribution in [0.5, 0.6) is 0 Å². The molecule has 0 spiro atoms. The number of carbonyl (C=O) groups excluding carboxylic acids is 2. The molecule has 0 N–H and O–H groups in total. The van der Waals surface area contributed by atoms with Crippen molar-refractivity contribution in [3.05, 3.63) is 48.0 Å². The van der Waals surface area contributed by atoms with Crippen molar-refractivity contribution in [2.24, 2.45) is 0 Å². The lowest BCUT2D eigenvalue weighted by molar-refractivity contribution is -0.146. The maximum Gasteiger partial charge on any atom is 0.411 e. The number of benzene rings is 1. The van der Waals surface area contributed by atoms with Crippen LogP contribution in [0.4, 0.5) is 4.79 Å². The Morgan fingerprint density at radius 1 is 1.25 bits per heavy atom. The summed E-state index contributed by atoms with van der Waals surface area (Å²) in [6.07, 6.45) is 2.89. The van der Waals surface area contributed by atoms with E-state index in [9.17, 15) is 9.59 Å². The lowest BCUT2D eigenvalue weighted by Gasteiger charge is -2.22. The molecule has 5 nitrogen and oxygen atoms in total. The Kier molecular flexibility index (Phi) is 4.76. The summed E-state index contributed by atoms with van der Waals surface area (Å²) in [5.74, 6) is -0.432. The molecule has 0 radical (unpaired) electrons. The molecule has 20 heavy (non-hydrogen) atoms. The first-order valence-electron chi connectivity index (χ1n) is 6.53. The van der Waals surface area contributed by atoms with Crippen LogP contribution in [-0.4, -0.2) is 36.2 Å². The van der Waals surface area contributed by atoms with Crippen LogP contribution in [0.2, 0.25) is 0 Å². The van der Waals surface area contributed by atoms with Gasteiger partial charge in [0.2, 0.25) is 0 Å². The Morgan fingerprint density at radius 2 is 2.00 bits per heavy atom. The maximum atomic E-state index is 12.0. The van der Waals surface area contributed by atoms with Gasteiger partial charge in [0, 0.05) is 6.54 Å². The van der Waals surface area contributed by atoms with Gasteiger partial charge in [-0.2, -0.15) is 0 Å². The first-order chi connectivity index (χ1) is 9.72. The molecule has 0 aliphatic carbocycles. The summed E-state index contributed by atoms with van der Waals surface area (Å²) in [7, 11) is 0. The number of esters is 1. The molecule has 1 atom stereocenters. The minimum atomic E-state index is -0.682. The highest BCUT2D eigenvalue weighted by atomic mass is 16.6. The van der Waals surface area contributed by atoms with Gasteiger partial charge in [-0.15, -0.1) is 0 Å². The molecule has 0 saturated heterocycles. The minimum Gasteiger partial charge on any atom is -0.464 e. The summed E-state index contributed by atoms with van der Waals surface area (Å²) in [5, 5.41) is 0. The average Bonchev–Trinajstić information content (AvgIpc) is 2.96. The Morgan fingerprint density at radius 3 is 2.70 bits per heavy atom. The molecule has 1 heterocycles. The average molecular weight is 275 g/mol. The molecule has 1 aromatic rings. The highest BCUT2D eigenvalue weighted by molar-refractivity contribution is 5.84. The number of nitrogens with zero attached hydrogens (tertiary/aromatic N) is 1. The zero-order valence-corrected chi connectivity index (χ0v) is 11.3. The Hall–Kier alpha value is -2.30. The summed E-state index contributed by atoms with van der Waals surface area (Å²) in [6, 6.07) is 8.71. The van der Waals surface area contributed by atoms with E-state index in [1.54, 1.807) is 19.1 Å². The smallest absolute Gasteiger partial charge is 0.411 e. The van der Waals surface area contributed by atoms with Crippen molar-refractivity contribution in [1.29, 1.82) is 0 Å². The summed E-state index contributed by atoms with van der Waals surface area (Å²) >= 11 is 0. The SMILES string of the molecule is CCOC(=O)[C@H]1C=CCN1C(=O)OCc1ccccc1. The van der Waals surface area contributed by atoms with Gasteiger partial charge in [-0.25, -0.2) is 9.59 Å². The second-order valence-corrected chi connectivity index (χ2v) is 4.32. The number of rotatable bonds is 4.